The van der Waals surface area contributed by atoms with Gasteiger partial charge in [-0.15, -0.1) is 0 Å². The van der Waals surface area contributed by atoms with Crippen molar-refractivity contribution in [2.45, 2.75) is 50.3 Å². The molecule has 0 aromatic rings. The number of amides is 1. The van der Waals surface area contributed by atoms with Crippen molar-refractivity contribution >= 4 is 66.7 Å². The zero-order valence-electron chi connectivity index (χ0n) is 11.1. The molecule has 1 radical (unpaired) electrons. The third kappa shape index (κ3) is 11.7. The summed E-state index contributed by atoms with van der Waals surface area (Å²) >= 11 is 8.52. The summed E-state index contributed by atoms with van der Waals surface area (Å²) in [6, 6.07) is -0.815. The second-order valence-electron chi connectivity index (χ2n) is 4.04. The quantitative estimate of drug-likeness (QED) is 0.295. The van der Waals surface area contributed by atoms with Gasteiger partial charge in [0.05, 0.1) is 0 Å². The van der Waals surface area contributed by atoms with E-state index >= 15 is 0 Å². The molecule has 0 fully saturated rings. The van der Waals surface area contributed by atoms with Crippen LogP contribution < -0.4 is 5.32 Å². The first-order valence-corrected chi connectivity index (χ1v) is 6.93. The Morgan fingerprint density at radius 3 is 2.39 bits per heavy atom. The molecule has 2 N–H and O–H groups in total. The number of aliphatic carboxylic acids is 1. The summed E-state index contributed by atoms with van der Waals surface area (Å²) < 4.78 is 0. The van der Waals surface area contributed by atoms with E-state index in [2.05, 4.69) is 30.6 Å². The van der Waals surface area contributed by atoms with Crippen LogP contribution in [0.2, 0.25) is 0 Å². The number of nitrogens with one attached hydrogen (secondary N) is 1. The van der Waals surface area contributed by atoms with Gasteiger partial charge < -0.3 is 10.4 Å². The minimum atomic E-state index is -1.01. The van der Waals surface area contributed by atoms with Crippen LogP contribution in [0.4, 0.5) is 0 Å². The molecule has 7 heteroatoms. The first-order valence-electron chi connectivity index (χ1n) is 5.78. The monoisotopic (exact) mass is 302 g/mol. The van der Waals surface area contributed by atoms with Crippen molar-refractivity contribution in [1.82, 2.24) is 5.32 Å². The molecule has 1 unspecified atom stereocenters. The topological polar surface area (TPSA) is 66.4 Å². The van der Waals surface area contributed by atoms with E-state index in [4.69, 9.17) is 5.11 Å². The number of rotatable bonds is 9. The molecule has 4 nitrogen and oxygen atoms in total. The van der Waals surface area contributed by atoms with E-state index in [1.165, 1.54) is 6.92 Å². The smallest absolute Gasteiger partial charge is 0.325 e. The number of carbonyl (C=O) groups excluding carboxylic acids is 1. The number of carboxylic acids is 1. The maximum Gasteiger partial charge on any atom is 0.325 e. The molecule has 0 aromatic heterocycles. The van der Waals surface area contributed by atoms with Gasteiger partial charge in [0.15, 0.2) is 0 Å². The molecule has 0 saturated carbocycles. The molecule has 0 spiro atoms. The molecule has 0 heterocycles. The predicted octanol–water partition coefficient (Wildman–Crippen LogP) is 1.37. The van der Waals surface area contributed by atoms with Crippen LogP contribution in [0.25, 0.3) is 0 Å². The van der Waals surface area contributed by atoms with Gasteiger partial charge in [0.25, 0.3) is 0 Å². The SMILES string of the molecule is C[C@H](NC(=O)CCCCC(S)CCS)C(=O)O.[Na]. The molecule has 0 rings (SSSR count). The van der Waals surface area contributed by atoms with Gasteiger partial charge >= 0.3 is 5.97 Å². The van der Waals surface area contributed by atoms with Gasteiger partial charge in [-0.3, -0.25) is 9.59 Å². The van der Waals surface area contributed by atoms with Crippen molar-refractivity contribution in [3.8, 4) is 0 Å². The van der Waals surface area contributed by atoms with Crippen LogP contribution >= 0.6 is 25.3 Å². The van der Waals surface area contributed by atoms with Crippen LogP contribution in [0.3, 0.4) is 0 Å². The number of hydrogen-bond acceptors (Lipinski definition) is 4. The van der Waals surface area contributed by atoms with Gasteiger partial charge in [0.2, 0.25) is 5.91 Å². The summed E-state index contributed by atoms with van der Waals surface area (Å²) in [5.74, 6) is -0.391. The summed E-state index contributed by atoms with van der Waals surface area (Å²) in [7, 11) is 0. The van der Waals surface area contributed by atoms with E-state index < -0.39 is 12.0 Å². The van der Waals surface area contributed by atoms with E-state index in [0.717, 1.165) is 31.4 Å². The summed E-state index contributed by atoms with van der Waals surface area (Å²) in [5.41, 5.74) is 0. The number of carbonyl (C=O) groups is 2. The third-order valence-corrected chi connectivity index (χ3v) is 3.18. The molecular weight excluding hydrogens is 281 g/mol. The standard InChI is InChI=1S/C11H21NO3S2.Na/c1-8(11(14)15)12-10(13)5-3-2-4-9(17)6-7-16;/h8-9,16-17H,2-7H2,1H3,(H,12,13)(H,14,15);/t8-,9?;/m0./s1. The summed E-state index contributed by atoms with van der Waals surface area (Å²) in [6.45, 7) is 1.46. The minimum Gasteiger partial charge on any atom is -0.480 e. The van der Waals surface area contributed by atoms with Gasteiger partial charge in [0, 0.05) is 41.2 Å². The van der Waals surface area contributed by atoms with Crippen molar-refractivity contribution in [2.24, 2.45) is 0 Å². The normalized spacial score (nSPS) is 13.3. The Bertz CT molecular complexity index is 254. The van der Waals surface area contributed by atoms with Crippen LogP contribution in [0.15, 0.2) is 0 Å². The molecule has 101 valence electrons. The average molecular weight is 302 g/mol. The van der Waals surface area contributed by atoms with Crippen LogP contribution in [0, 0.1) is 0 Å². The zero-order valence-corrected chi connectivity index (χ0v) is 14.8. The van der Waals surface area contributed by atoms with Gasteiger partial charge in [-0.25, -0.2) is 0 Å². The fraction of sp³-hybridized carbons (Fsp3) is 0.818. The van der Waals surface area contributed by atoms with Crippen LogP contribution in [-0.4, -0.2) is 63.6 Å². The van der Waals surface area contributed by atoms with E-state index in [1.54, 1.807) is 0 Å². The van der Waals surface area contributed by atoms with E-state index in [9.17, 15) is 9.59 Å². The van der Waals surface area contributed by atoms with Gasteiger partial charge in [0.1, 0.15) is 6.04 Å². The zero-order chi connectivity index (χ0) is 13.3. The second-order valence-corrected chi connectivity index (χ2v) is 5.22. The number of hydrogen-bond donors (Lipinski definition) is 4. The molecule has 0 aliphatic heterocycles. The molecule has 0 saturated heterocycles. The fourth-order valence-corrected chi connectivity index (χ4v) is 2.16. The van der Waals surface area contributed by atoms with Gasteiger partial charge in [-0.1, -0.05) is 6.42 Å². The number of unbranched alkanes of at least 4 members (excludes halogenated alkanes) is 1. The Morgan fingerprint density at radius 2 is 1.89 bits per heavy atom. The molecule has 18 heavy (non-hydrogen) atoms. The van der Waals surface area contributed by atoms with E-state index in [-0.39, 0.29) is 35.5 Å². The molecule has 1 amide bonds. The molecule has 0 bridgehead atoms. The Balaban J connectivity index is 0. The summed E-state index contributed by atoms with van der Waals surface area (Å²) in [4.78, 5) is 21.8. The van der Waals surface area contributed by atoms with Crippen LogP contribution in [-0.2, 0) is 9.59 Å². The second kappa shape index (κ2) is 12.7. The van der Waals surface area contributed by atoms with Gasteiger partial charge in [-0.05, 0) is 31.9 Å². The molecule has 0 aliphatic rings. The van der Waals surface area contributed by atoms with E-state index in [0.29, 0.717) is 11.7 Å². The first-order chi connectivity index (χ1) is 7.97. The van der Waals surface area contributed by atoms with Crippen LogP contribution in [0.1, 0.15) is 39.0 Å². The molecule has 2 atom stereocenters. The molecular formula is C11H21NNaO3S2. The van der Waals surface area contributed by atoms with Crippen molar-refractivity contribution in [1.29, 1.82) is 0 Å². The van der Waals surface area contributed by atoms with Crippen molar-refractivity contribution in [2.75, 3.05) is 5.75 Å². The van der Waals surface area contributed by atoms with Gasteiger partial charge in [-0.2, -0.15) is 25.3 Å². The summed E-state index contributed by atoms with van der Waals surface area (Å²) in [5, 5.41) is 11.4. The van der Waals surface area contributed by atoms with Crippen molar-refractivity contribution < 1.29 is 14.7 Å². The number of thiol groups is 2. The maximum atomic E-state index is 11.3. The Labute approximate surface area is 142 Å². The predicted molar refractivity (Wildman–Crippen MR) is 80.7 cm³/mol. The number of carboxylic acid groups (broad SMARTS) is 1. The largest absolute Gasteiger partial charge is 0.480 e. The fourth-order valence-electron chi connectivity index (χ4n) is 1.33. The average Bonchev–Trinajstić information content (AvgIpc) is 2.24. The first kappa shape index (κ1) is 20.9. The maximum absolute atomic E-state index is 11.3. The van der Waals surface area contributed by atoms with Crippen molar-refractivity contribution in [3.05, 3.63) is 0 Å². The minimum absolute atomic E-state index is 0. The van der Waals surface area contributed by atoms with Crippen molar-refractivity contribution in [3.63, 3.8) is 0 Å². The Morgan fingerprint density at radius 1 is 1.28 bits per heavy atom. The van der Waals surface area contributed by atoms with E-state index in [1.807, 2.05) is 0 Å². The third-order valence-electron chi connectivity index (χ3n) is 2.40. The summed E-state index contributed by atoms with van der Waals surface area (Å²) in [6.07, 6.45) is 4.00. The van der Waals surface area contributed by atoms with Crippen LogP contribution in [0.5, 0.6) is 0 Å². The molecule has 0 aliphatic carbocycles. The Kier molecular flexibility index (Phi) is 14.7. The molecule has 0 aromatic carbocycles. The Hall–Kier alpha value is 0.640.